The van der Waals surface area contributed by atoms with Gasteiger partial charge in [-0.1, -0.05) is 25.7 Å². The van der Waals surface area contributed by atoms with E-state index in [1.807, 2.05) is 11.8 Å². The second-order valence-corrected chi connectivity index (χ2v) is 9.01. The van der Waals surface area contributed by atoms with E-state index in [-0.39, 0.29) is 0 Å². The highest BCUT2D eigenvalue weighted by atomic mass is 16.2. The number of amides is 1. The van der Waals surface area contributed by atoms with Gasteiger partial charge in [-0.25, -0.2) is 4.98 Å². The minimum atomic E-state index is 0.333. The molecule has 0 atom stereocenters. The highest BCUT2D eigenvalue weighted by Crippen LogP contribution is 2.29. The third-order valence-corrected chi connectivity index (χ3v) is 6.81. The van der Waals surface area contributed by atoms with E-state index in [0.717, 1.165) is 88.6 Å². The Hall–Kier alpha value is -1.89. The Morgan fingerprint density at radius 3 is 2.31 bits per heavy atom. The van der Waals surface area contributed by atoms with Gasteiger partial charge >= 0.3 is 0 Å². The molecule has 1 aromatic rings. The van der Waals surface area contributed by atoms with Crippen LogP contribution in [0.5, 0.6) is 0 Å². The fourth-order valence-corrected chi connectivity index (χ4v) is 4.82. The number of aryl methyl sites for hydroxylation is 1. The van der Waals surface area contributed by atoms with E-state index in [0.29, 0.717) is 5.91 Å². The van der Waals surface area contributed by atoms with Crippen LogP contribution in [0, 0.1) is 12.8 Å². The summed E-state index contributed by atoms with van der Waals surface area (Å²) in [4.78, 5) is 31.2. The van der Waals surface area contributed by atoms with Gasteiger partial charge in [0.05, 0.1) is 0 Å². The van der Waals surface area contributed by atoms with Crippen molar-refractivity contribution in [3.63, 3.8) is 0 Å². The van der Waals surface area contributed by atoms with E-state index in [1.165, 1.54) is 25.7 Å². The number of nitrogens with zero attached hydrogens (tertiary/aromatic N) is 6. The molecule has 0 aromatic carbocycles. The molecule has 0 N–H and O–H groups in total. The van der Waals surface area contributed by atoms with Crippen LogP contribution in [0.15, 0.2) is 6.07 Å². The van der Waals surface area contributed by atoms with Gasteiger partial charge in [0.2, 0.25) is 11.9 Å². The normalized spacial score (nSPS) is 21.8. The summed E-state index contributed by atoms with van der Waals surface area (Å²) in [6.45, 7) is 9.41. The maximum Gasteiger partial charge on any atom is 0.227 e. The monoisotopic (exact) mass is 400 g/mol. The standard InChI is InChI=1S/C22H36N6O/c1-18-17-20(26-11-9-25(2)10-12-26)24-22(23-18)28-15-13-27(14-16-28)21(29)8-7-19-5-3-4-6-19/h17,19H,3-16H2,1-2H3. The number of hydrogen-bond donors (Lipinski definition) is 0. The summed E-state index contributed by atoms with van der Waals surface area (Å²) in [6, 6.07) is 2.09. The third-order valence-electron chi connectivity index (χ3n) is 6.81. The summed E-state index contributed by atoms with van der Waals surface area (Å²) in [5, 5.41) is 0. The quantitative estimate of drug-likeness (QED) is 0.755. The van der Waals surface area contributed by atoms with Gasteiger partial charge < -0.3 is 19.6 Å². The first-order chi connectivity index (χ1) is 14.1. The average Bonchev–Trinajstić information content (AvgIpc) is 3.26. The molecule has 160 valence electrons. The first-order valence-electron chi connectivity index (χ1n) is 11.4. The third kappa shape index (κ3) is 5.18. The minimum Gasteiger partial charge on any atom is -0.354 e. The number of rotatable bonds is 5. The molecule has 7 nitrogen and oxygen atoms in total. The molecular formula is C22H36N6O. The van der Waals surface area contributed by atoms with E-state index >= 15 is 0 Å². The van der Waals surface area contributed by atoms with Crippen molar-refractivity contribution >= 4 is 17.7 Å². The molecule has 3 fully saturated rings. The van der Waals surface area contributed by atoms with Gasteiger partial charge in [-0.05, 0) is 26.3 Å². The van der Waals surface area contributed by atoms with Crippen LogP contribution in [0.25, 0.3) is 0 Å². The zero-order valence-corrected chi connectivity index (χ0v) is 18.1. The topological polar surface area (TPSA) is 55.8 Å². The number of carbonyl (C=O) groups is 1. The Labute approximate surface area is 175 Å². The van der Waals surface area contributed by atoms with Crippen molar-refractivity contribution in [2.75, 3.05) is 69.2 Å². The summed E-state index contributed by atoms with van der Waals surface area (Å²) in [5.41, 5.74) is 1.01. The van der Waals surface area contributed by atoms with Crippen molar-refractivity contribution in [2.45, 2.75) is 45.4 Å². The van der Waals surface area contributed by atoms with Crippen LogP contribution in [-0.4, -0.2) is 85.1 Å². The summed E-state index contributed by atoms with van der Waals surface area (Å²) < 4.78 is 0. The van der Waals surface area contributed by atoms with Gasteiger partial charge in [-0.2, -0.15) is 4.98 Å². The molecule has 29 heavy (non-hydrogen) atoms. The van der Waals surface area contributed by atoms with Gasteiger partial charge in [0.25, 0.3) is 0 Å². The molecule has 0 spiro atoms. The molecule has 0 bridgehead atoms. The molecule has 3 heterocycles. The molecule has 3 aliphatic rings. The maximum atomic E-state index is 12.6. The van der Waals surface area contributed by atoms with Crippen molar-refractivity contribution in [2.24, 2.45) is 5.92 Å². The Balaban J connectivity index is 1.31. The number of hydrogen-bond acceptors (Lipinski definition) is 6. The van der Waals surface area contributed by atoms with E-state index < -0.39 is 0 Å². The van der Waals surface area contributed by atoms with E-state index in [4.69, 9.17) is 9.97 Å². The lowest BCUT2D eigenvalue weighted by molar-refractivity contribution is -0.131. The molecule has 1 aliphatic carbocycles. The zero-order valence-electron chi connectivity index (χ0n) is 18.1. The molecule has 4 rings (SSSR count). The molecule has 1 aromatic heterocycles. The first-order valence-corrected chi connectivity index (χ1v) is 11.4. The number of anilines is 2. The lowest BCUT2D eigenvalue weighted by Crippen LogP contribution is -2.49. The van der Waals surface area contributed by atoms with E-state index in [1.54, 1.807) is 0 Å². The minimum absolute atomic E-state index is 0.333. The Morgan fingerprint density at radius 2 is 1.62 bits per heavy atom. The summed E-state index contributed by atoms with van der Waals surface area (Å²) in [7, 11) is 2.17. The van der Waals surface area contributed by atoms with Crippen LogP contribution in [0.3, 0.4) is 0 Å². The van der Waals surface area contributed by atoms with Gasteiger partial charge in [0, 0.05) is 70.5 Å². The summed E-state index contributed by atoms with van der Waals surface area (Å²) in [5.74, 6) is 2.97. The van der Waals surface area contributed by atoms with Gasteiger partial charge in [-0.3, -0.25) is 4.79 Å². The highest BCUT2D eigenvalue weighted by Gasteiger charge is 2.25. The van der Waals surface area contributed by atoms with Crippen LogP contribution >= 0.6 is 0 Å². The summed E-state index contributed by atoms with van der Waals surface area (Å²) in [6.07, 6.45) is 7.14. The first kappa shape index (κ1) is 20.4. The fourth-order valence-electron chi connectivity index (χ4n) is 4.82. The molecule has 7 heteroatoms. The van der Waals surface area contributed by atoms with Crippen LogP contribution in [0.1, 0.15) is 44.2 Å². The average molecular weight is 401 g/mol. The van der Waals surface area contributed by atoms with E-state index in [2.05, 4.69) is 27.8 Å². The Bertz CT molecular complexity index is 689. The van der Waals surface area contributed by atoms with Crippen LogP contribution in [0.4, 0.5) is 11.8 Å². The van der Waals surface area contributed by atoms with Crippen molar-refractivity contribution < 1.29 is 4.79 Å². The second-order valence-electron chi connectivity index (χ2n) is 9.01. The lowest BCUT2D eigenvalue weighted by atomic mass is 10.0. The number of piperazine rings is 2. The fraction of sp³-hybridized carbons (Fsp3) is 0.773. The van der Waals surface area contributed by atoms with Crippen molar-refractivity contribution in [1.29, 1.82) is 0 Å². The Morgan fingerprint density at radius 1 is 0.966 bits per heavy atom. The van der Waals surface area contributed by atoms with Crippen LogP contribution < -0.4 is 9.80 Å². The molecule has 2 saturated heterocycles. The SMILES string of the molecule is Cc1cc(N2CCN(C)CC2)nc(N2CCN(C(=O)CCC3CCCC3)CC2)n1. The van der Waals surface area contributed by atoms with Gasteiger partial charge in [0.15, 0.2) is 0 Å². The molecule has 1 saturated carbocycles. The number of carbonyl (C=O) groups excluding carboxylic acids is 1. The van der Waals surface area contributed by atoms with Crippen molar-refractivity contribution in [3.8, 4) is 0 Å². The molecule has 0 radical (unpaired) electrons. The molecule has 0 unspecified atom stereocenters. The lowest BCUT2D eigenvalue weighted by Gasteiger charge is -2.36. The zero-order chi connectivity index (χ0) is 20.2. The van der Waals surface area contributed by atoms with Crippen LogP contribution in [0.2, 0.25) is 0 Å². The second kappa shape index (κ2) is 9.28. The number of aromatic nitrogens is 2. The van der Waals surface area contributed by atoms with Gasteiger partial charge in [0.1, 0.15) is 5.82 Å². The Kier molecular flexibility index (Phi) is 6.53. The highest BCUT2D eigenvalue weighted by molar-refractivity contribution is 5.76. The van der Waals surface area contributed by atoms with Gasteiger partial charge in [-0.15, -0.1) is 0 Å². The smallest absolute Gasteiger partial charge is 0.227 e. The van der Waals surface area contributed by atoms with Crippen molar-refractivity contribution in [1.82, 2.24) is 19.8 Å². The van der Waals surface area contributed by atoms with E-state index in [9.17, 15) is 4.79 Å². The van der Waals surface area contributed by atoms with Crippen LogP contribution in [-0.2, 0) is 4.79 Å². The molecule has 1 amide bonds. The summed E-state index contributed by atoms with van der Waals surface area (Å²) >= 11 is 0. The predicted octanol–water partition coefficient (Wildman–Crippen LogP) is 2.16. The molecular weight excluding hydrogens is 364 g/mol. The largest absolute Gasteiger partial charge is 0.354 e. The van der Waals surface area contributed by atoms with Crippen molar-refractivity contribution in [3.05, 3.63) is 11.8 Å². The predicted molar refractivity (Wildman–Crippen MR) is 116 cm³/mol. The number of likely N-dealkylation sites (N-methyl/N-ethyl adjacent to an activating group) is 1. The molecule has 2 aliphatic heterocycles. The maximum absolute atomic E-state index is 12.6.